The molecule has 0 radical (unpaired) electrons. The van der Waals surface area contributed by atoms with Gasteiger partial charge in [0.2, 0.25) is 5.91 Å². The molecule has 0 aliphatic rings. The fourth-order valence-corrected chi connectivity index (χ4v) is 6.04. The molecule has 5 atom stereocenters. The van der Waals surface area contributed by atoms with Crippen LogP contribution in [0.4, 0.5) is 26.3 Å². The third kappa shape index (κ3) is 11.6. The molecular weight excluding hydrogens is 744 g/mol. The Kier molecular flexibility index (Phi) is 15.8. The van der Waals surface area contributed by atoms with Gasteiger partial charge in [0.1, 0.15) is 12.2 Å². The molecule has 2 aromatic rings. The van der Waals surface area contributed by atoms with Gasteiger partial charge in [0, 0.05) is 38.3 Å². The second kappa shape index (κ2) is 18.5. The van der Waals surface area contributed by atoms with Crippen molar-refractivity contribution in [3.8, 4) is 0 Å². The number of halogens is 6. The van der Waals surface area contributed by atoms with E-state index >= 15 is 0 Å². The molecule has 0 saturated heterocycles. The predicted octanol–water partition coefficient (Wildman–Crippen LogP) is 4.83. The molecule has 0 aliphatic heterocycles. The first-order chi connectivity index (χ1) is 24.5. The highest BCUT2D eigenvalue weighted by Gasteiger charge is 2.65. The molecule has 19 heteroatoms. The number of esters is 2. The third-order valence-electron chi connectivity index (χ3n) is 8.23. The summed E-state index contributed by atoms with van der Waals surface area (Å²) in [5.74, 6) is -5.11. The van der Waals surface area contributed by atoms with Crippen molar-refractivity contribution in [2.45, 2.75) is 87.3 Å². The summed E-state index contributed by atoms with van der Waals surface area (Å²) in [5, 5.41) is 13.1. The number of carbonyl (C=O) groups excluding carboxylic acids is 3. The molecule has 2 N–H and O–H groups in total. The fourth-order valence-electron chi connectivity index (χ4n) is 5.52. The van der Waals surface area contributed by atoms with Crippen molar-refractivity contribution in [3.05, 3.63) is 71.8 Å². The number of methoxy groups -OCH3 is 2. The topological polar surface area (TPSA) is 164 Å². The maximum atomic E-state index is 14.6. The zero-order valence-electron chi connectivity index (χ0n) is 29.6. The highest BCUT2D eigenvalue weighted by atomic mass is 32.2. The molecule has 2 aromatic carbocycles. The van der Waals surface area contributed by atoms with Gasteiger partial charge in [0.05, 0.1) is 24.9 Å². The number of ether oxygens (including phenoxy) is 4. The van der Waals surface area contributed by atoms with Crippen LogP contribution in [0.5, 0.6) is 0 Å². The first kappa shape index (κ1) is 45.4. The molecule has 0 aliphatic carbocycles. The Labute approximate surface area is 303 Å². The van der Waals surface area contributed by atoms with Gasteiger partial charge in [-0.3, -0.25) is 8.98 Å². The SMILES string of the molecule is CO[C@](C(=O)O[C@H](CCC[C@](C)(O)CC(=O)NCCS(=O)(=O)OC)C[C@H](C)OC(=O)[C@@](OC)(c1ccccc1)C(F)(F)F)(c1ccccc1)C(F)(F)F. The van der Waals surface area contributed by atoms with E-state index in [0.29, 0.717) is 14.2 Å². The van der Waals surface area contributed by atoms with Crippen molar-refractivity contribution in [2.75, 3.05) is 33.6 Å². The number of hydrogen-bond donors (Lipinski definition) is 2. The smallest absolute Gasteiger partial charge is 0.432 e. The van der Waals surface area contributed by atoms with E-state index in [-0.39, 0.29) is 25.8 Å². The lowest BCUT2D eigenvalue weighted by Gasteiger charge is -2.35. The zero-order valence-corrected chi connectivity index (χ0v) is 30.4. The van der Waals surface area contributed by atoms with Crippen LogP contribution < -0.4 is 5.32 Å². The monoisotopic (exact) mass is 787 g/mol. The first-order valence-corrected chi connectivity index (χ1v) is 17.6. The number of aliphatic hydroxyl groups is 1. The summed E-state index contributed by atoms with van der Waals surface area (Å²) in [7, 11) is -1.64. The van der Waals surface area contributed by atoms with Crippen LogP contribution in [-0.4, -0.2) is 95.2 Å². The Morgan fingerprint density at radius 2 is 1.25 bits per heavy atom. The molecule has 2 rings (SSSR count). The molecule has 0 unspecified atom stereocenters. The van der Waals surface area contributed by atoms with Gasteiger partial charge in [-0.15, -0.1) is 0 Å². The molecule has 1 amide bonds. The van der Waals surface area contributed by atoms with Gasteiger partial charge in [0.25, 0.3) is 21.3 Å². The van der Waals surface area contributed by atoms with Crippen molar-refractivity contribution >= 4 is 28.0 Å². The average Bonchev–Trinajstić information content (AvgIpc) is 3.05. The maximum absolute atomic E-state index is 14.6. The molecule has 12 nitrogen and oxygen atoms in total. The second-order valence-electron chi connectivity index (χ2n) is 12.3. The van der Waals surface area contributed by atoms with E-state index in [1.807, 2.05) is 0 Å². The van der Waals surface area contributed by atoms with Crippen LogP contribution in [0.3, 0.4) is 0 Å². The molecule has 0 bridgehead atoms. The number of carbonyl (C=O) groups is 3. The summed E-state index contributed by atoms with van der Waals surface area (Å²) in [5.41, 5.74) is -10.2. The fraction of sp³-hybridized carbons (Fsp3) is 0.559. The molecule has 53 heavy (non-hydrogen) atoms. The van der Waals surface area contributed by atoms with Gasteiger partial charge in [-0.25, -0.2) is 9.59 Å². The average molecular weight is 788 g/mol. The molecule has 0 heterocycles. The lowest BCUT2D eigenvalue weighted by atomic mass is 9.91. The normalized spacial score (nSPS) is 17.0. The Bertz CT molecular complexity index is 1610. The van der Waals surface area contributed by atoms with E-state index in [4.69, 9.17) is 18.9 Å². The zero-order chi connectivity index (χ0) is 40.3. The van der Waals surface area contributed by atoms with E-state index in [9.17, 15) is 54.3 Å². The Morgan fingerprint density at radius 1 is 0.792 bits per heavy atom. The molecule has 0 aromatic heterocycles. The Hall–Kier alpha value is -3.78. The van der Waals surface area contributed by atoms with Crippen molar-refractivity contribution in [3.63, 3.8) is 0 Å². The minimum atomic E-state index is -5.37. The van der Waals surface area contributed by atoms with Crippen LogP contribution in [-0.2, 0) is 58.8 Å². The molecular formula is C34H43F6NO11S. The predicted molar refractivity (Wildman–Crippen MR) is 175 cm³/mol. The number of rotatable bonds is 20. The van der Waals surface area contributed by atoms with Gasteiger partial charge >= 0.3 is 24.3 Å². The maximum Gasteiger partial charge on any atom is 0.432 e. The number of alkyl halides is 6. The quantitative estimate of drug-likeness (QED) is 0.107. The second-order valence-corrected chi connectivity index (χ2v) is 14.2. The van der Waals surface area contributed by atoms with E-state index in [2.05, 4.69) is 9.50 Å². The van der Waals surface area contributed by atoms with Crippen molar-refractivity contribution in [1.82, 2.24) is 5.32 Å². The van der Waals surface area contributed by atoms with Crippen LogP contribution in [0.2, 0.25) is 0 Å². The van der Waals surface area contributed by atoms with E-state index < -0.39 is 99.0 Å². The number of benzene rings is 2. The van der Waals surface area contributed by atoms with Gasteiger partial charge in [-0.1, -0.05) is 60.7 Å². The van der Waals surface area contributed by atoms with E-state index in [1.165, 1.54) is 43.3 Å². The Morgan fingerprint density at radius 3 is 1.66 bits per heavy atom. The number of hydrogen-bond acceptors (Lipinski definition) is 11. The van der Waals surface area contributed by atoms with Crippen molar-refractivity contribution in [1.29, 1.82) is 0 Å². The summed E-state index contributed by atoms with van der Waals surface area (Å²) in [6.45, 7) is 2.06. The van der Waals surface area contributed by atoms with Crippen LogP contribution in [0.15, 0.2) is 60.7 Å². The third-order valence-corrected chi connectivity index (χ3v) is 9.45. The summed E-state index contributed by atoms with van der Waals surface area (Å²) >= 11 is 0. The largest absolute Gasteiger partial charge is 0.460 e. The van der Waals surface area contributed by atoms with Crippen LogP contribution in [0.25, 0.3) is 0 Å². The van der Waals surface area contributed by atoms with Crippen molar-refractivity contribution < 1.29 is 77.4 Å². The minimum Gasteiger partial charge on any atom is -0.460 e. The van der Waals surface area contributed by atoms with E-state index in [1.54, 1.807) is 0 Å². The summed E-state index contributed by atoms with van der Waals surface area (Å²) in [4.78, 5) is 39.0. The highest BCUT2D eigenvalue weighted by molar-refractivity contribution is 7.86. The Balaban J connectivity index is 2.36. The van der Waals surface area contributed by atoms with Gasteiger partial charge in [0.15, 0.2) is 0 Å². The van der Waals surface area contributed by atoms with E-state index in [0.717, 1.165) is 38.3 Å². The standard InChI is InChI=1S/C34H43F6NO11S/c1-23(51-28(43)31(48-3,33(35,36)37)24-13-8-6-9-14-24)21-26(17-12-18-30(2,45)22-27(42)41-19-20-53(46,47)50-5)52-29(44)32(49-4,34(38,39)40)25-15-10-7-11-16-25/h6-11,13-16,23,26,45H,12,17-22H2,1-5H3,(H,41,42)/t23-,26+,30-,31-,32-/m0/s1. The highest BCUT2D eigenvalue weighted by Crippen LogP contribution is 2.45. The van der Waals surface area contributed by atoms with Crippen LogP contribution >= 0.6 is 0 Å². The summed E-state index contributed by atoms with van der Waals surface area (Å²) in [6, 6.07) is 11.7. The number of amides is 1. The van der Waals surface area contributed by atoms with Gasteiger partial charge < -0.3 is 29.4 Å². The minimum absolute atomic E-state index is 0.136. The number of nitrogens with one attached hydrogen (secondary N) is 1. The molecule has 0 spiro atoms. The molecule has 298 valence electrons. The lowest BCUT2D eigenvalue weighted by molar-refractivity contribution is -0.279. The van der Waals surface area contributed by atoms with Crippen LogP contribution in [0, 0.1) is 0 Å². The van der Waals surface area contributed by atoms with Crippen molar-refractivity contribution in [2.24, 2.45) is 0 Å². The summed E-state index contributed by atoms with van der Waals surface area (Å²) in [6.07, 6.45) is -15.6. The van der Waals surface area contributed by atoms with Gasteiger partial charge in [-0.2, -0.15) is 34.8 Å². The molecule has 0 fully saturated rings. The molecule has 0 saturated carbocycles. The lowest BCUT2D eigenvalue weighted by Crippen LogP contribution is -2.53. The summed E-state index contributed by atoms with van der Waals surface area (Å²) < 4.78 is 134. The van der Waals surface area contributed by atoms with Gasteiger partial charge in [-0.05, 0) is 33.1 Å². The van der Waals surface area contributed by atoms with Crippen LogP contribution in [0.1, 0.15) is 57.1 Å². The first-order valence-electron chi connectivity index (χ1n) is 16.1.